The smallest absolute Gasteiger partial charge is 0.251 e. The van der Waals surface area contributed by atoms with Crippen molar-refractivity contribution in [3.05, 3.63) is 100.0 Å². The van der Waals surface area contributed by atoms with Gasteiger partial charge in [-0.1, -0.05) is 29.8 Å². The molecule has 1 amide bonds. The van der Waals surface area contributed by atoms with Gasteiger partial charge < -0.3 is 15.6 Å². The van der Waals surface area contributed by atoms with E-state index >= 15 is 0 Å². The summed E-state index contributed by atoms with van der Waals surface area (Å²) >= 11 is 6.11. The van der Waals surface area contributed by atoms with Crippen LogP contribution in [0, 0.1) is 0 Å². The number of pyridine rings is 1. The number of amides is 1. The monoisotopic (exact) mass is 458 g/mol. The predicted molar refractivity (Wildman–Crippen MR) is 133 cm³/mol. The lowest BCUT2D eigenvalue weighted by Crippen LogP contribution is -2.27. The third-order valence-electron chi connectivity index (χ3n) is 6.34. The molecule has 1 aliphatic carbocycles. The number of aromatic amines is 1. The van der Waals surface area contributed by atoms with Gasteiger partial charge in [0.1, 0.15) is 0 Å². The number of carbonyl (C=O) groups excluding carboxylic acids is 1. The zero-order valence-electron chi connectivity index (χ0n) is 18.4. The molecule has 0 spiro atoms. The molecule has 1 aliphatic rings. The van der Waals surface area contributed by atoms with Crippen LogP contribution in [0.1, 0.15) is 51.6 Å². The standard InChI is InChI=1S/C27H27ClN4O/c28-21-6-1-4-18(14-21)11-13-30-25-8-2-7-22-23-15-20(9-10-24(23)32-26(22)25)27(33)31-17-19-5-3-12-29-16-19/h1,3-6,9-10,12,14-16,25,30,32H,2,7-8,11,13,17H2,(H,31,33). The highest BCUT2D eigenvalue weighted by Crippen LogP contribution is 2.35. The van der Waals surface area contributed by atoms with Crippen LogP contribution in [0.25, 0.3) is 10.9 Å². The van der Waals surface area contributed by atoms with Gasteiger partial charge in [-0.05, 0) is 85.3 Å². The van der Waals surface area contributed by atoms with Crippen molar-refractivity contribution in [3.8, 4) is 0 Å². The zero-order chi connectivity index (χ0) is 22.6. The topological polar surface area (TPSA) is 69.8 Å². The van der Waals surface area contributed by atoms with Gasteiger partial charge in [-0.25, -0.2) is 0 Å². The van der Waals surface area contributed by atoms with Gasteiger partial charge in [0, 0.05) is 52.2 Å². The van der Waals surface area contributed by atoms with Crippen molar-refractivity contribution < 1.29 is 4.79 Å². The lowest BCUT2D eigenvalue weighted by molar-refractivity contribution is 0.0951. The van der Waals surface area contributed by atoms with Crippen LogP contribution in [0.4, 0.5) is 0 Å². The summed E-state index contributed by atoms with van der Waals surface area (Å²) in [6, 6.07) is 18.1. The molecule has 1 unspecified atom stereocenters. The second-order valence-corrected chi connectivity index (χ2v) is 9.04. The Hall–Kier alpha value is -3.15. The van der Waals surface area contributed by atoms with Crippen molar-refractivity contribution in [2.45, 2.75) is 38.3 Å². The van der Waals surface area contributed by atoms with E-state index in [1.165, 1.54) is 16.8 Å². The number of fused-ring (bicyclic) bond motifs is 3. The Balaban J connectivity index is 1.29. The molecule has 6 heteroatoms. The summed E-state index contributed by atoms with van der Waals surface area (Å²) in [5.41, 5.74) is 6.59. The molecule has 0 bridgehead atoms. The Morgan fingerprint density at radius 3 is 2.88 bits per heavy atom. The SMILES string of the molecule is O=C(NCc1cccnc1)c1ccc2[nH]c3c(c2c1)CCCC3NCCc1cccc(Cl)c1. The Morgan fingerprint density at radius 1 is 1.12 bits per heavy atom. The van der Waals surface area contributed by atoms with Crippen LogP contribution >= 0.6 is 11.6 Å². The first-order valence-electron chi connectivity index (χ1n) is 11.5. The summed E-state index contributed by atoms with van der Waals surface area (Å²) in [5, 5.41) is 8.65. The predicted octanol–water partition coefficient (Wildman–Crippen LogP) is 5.36. The molecule has 5 nitrogen and oxygen atoms in total. The first kappa shape index (κ1) is 21.7. The lowest BCUT2D eigenvalue weighted by Gasteiger charge is -2.24. The van der Waals surface area contributed by atoms with Crippen LogP contribution in [0.15, 0.2) is 67.0 Å². The van der Waals surface area contributed by atoms with Crippen LogP contribution in [0.2, 0.25) is 5.02 Å². The summed E-state index contributed by atoms with van der Waals surface area (Å²) in [6.45, 7) is 1.36. The minimum Gasteiger partial charge on any atom is -0.357 e. The summed E-state index contributed by atoms with van der Waals surface area (Å²) < 4.78 is 0. The van der Waals surface area contributed by atoms with Gasteiger partial charge in [0.25, 0.3) is 5.91 Å². The van der Waals surface area contributed by atoms with Crippen LogP contribution in [0.5, 0.6) is 0 Å². The summed E-state index contributed by atoms with van der Waals surface area (Å²) in [5.74, 6) is -0.0669. The van der Waals surface area contributed by atoms with E-state index in [9.17, 15) is 4.79 Å². The Morgan fingerprint density at radius 2 is 2.03 bits per heavy atom. The Labute approximate surface area is 198 Å². The highest BCUT2D eigenvalue weighted by Gasteiger charge is 2.24. The molecule has 0 aliphatic heterocycles. The molecule has 0 saturated heterocycles. The molecular formula is C27H27ClN4O. The van der Waals surface area contributed by atoms with E-state index in [1.807, 2.05) is 48.5 Å². The van der Waals surface area contributed by atoms with Gasteiger partial charge in [0.05, 0.1) is 0 Å². The zero-order valence-corrected chi connectivity index (χ0v) is 19.2. The van der Waals surface area contributed by atoms with E-state index < -0.39 is 0 Å². The number of halogens is 1. The van der Waals surface area contributed by atoms with Crippen molar-refractivity contribution >= 4 is 28.4 Å². The number of nitrogens with zero attached hydrogens (tertiary/aromatic N) is 1. The first-order chi connectivity index (χ1) is 16.2. The molecule has 5 rings (SSSR count). The van der Waals surface area contributed by atoms with Crippen molar-refractivity contribution in [3.63, 3.8) is 0 Å². The van der Waals surface area contributed by atoms with E-state index in [0.717, 1.165) is 53.7 Å². The summed E-state index contributed by atoms with van der Waals surface area (Å²) in [6.07, 6.45) is 7.70. The van der Waals surface area contributed by atoms with Gasteiger partial charge in [-0.15, -0.1) is 0 Å². The minimum atomic E-state index is -0.0669. The quantitative estimate of drug-likeness (QED) is 0.349. The molecule has 3 N–H and O–H groups in total. The van der Waals surface area contributed by atoms with Gasteiger partial charge in [0.15, 0.2) is 0 Å². The third-order valence-corrected chi connectivity index (χ3v) is 6.57. The number of aromatic nitrogens is 2. The molecule has 0 fully saturated rings. The van der Waals surface area contributed by atoms with Crippen LogP contribution in [-0.4, -0.2) is 22.4 Å². The normalized spacial score (nSPS) is 15.4. The van der Waals surface area contributed by atoms with E-state index in [0.29, 0.717) is 18.2 Å². The van der Waals surface area contributed by atoms with Crippen molar-refractivity contribution in [2.75, 3.05) is 6.54 Å². The van der Waals surface area contributed by atoms with E-state index in [-0.39, 0.29) is 5.91 Å². The fraction of sp³-hybridized carbons (Fsp3) is 0.259. The number of benzene rings is 2. The van der Waals surface area contributed by atoms with Crippen molar-refractivity contribution in [1.82, 2.24) is 20.6 Å². The van der Waals surface area contributed by atoms with E-state index in [2.05, 4.69) is 26.7 Å². The summed E-state index contributed by atoms with van der Waals surface area (Å²) in [7, 11) is 0. The molecule has 0 saturated carbocycles. The number of carbonyl (C=O) groups is 1. The number of hydrogen-bond acceptors (Lipinski definition) is 3. The minimum absolute atomic E-state index is 0.0669. The molecule has 2 heterocycles. The Bertz CT molecular complexity index is 1270. The van der Waals surface area contributed by atoms with Gasteiger partial charge in [-0.3, -0.25) is 9.78 Å². The van der Waals surface area contributed by atoms with Gasteiger partial charge >= 0.3 is 0 Å². The van der Waals surface area contributed by atoms with E-state index in [1.54, 1.807) is 12.4 Å². The molecule has 33 heavy (non-hydrogen) atoms. The highest BCUT2D eigenvalue weighted by atomic mass is 35.5. The molecule has 0 radical (unpaired) electrons. The first-order valence-corrected chi connectivity index (χ1v) is 11.8. The highest BCUT2D eigenvalue weighted by molar-refractivity contribution is 6.30. The largest absolute Gasteiger partial charge is 0.357 e. The van der Waals surface area contributed by atoms with Crippen LogP contribution in [-0.2, 0) is 19.4 Å². The maximum absolute atomic E-state index is 12.8. The molecule has 2 aromatic carbocycles. The average molecular weight is 459 g/mol. The maximum Gasteiger partial charge on any atom is 0.251 e. The molecule has 4 aromatic rings. The number of nitrogens with one attached hydrogen (secondary N) is 3. The third kappa shape index (κ3) is 4.95. The van der Waals surface area contributed by atoms with Crippen molar-refractivity contribution in [2.24, 2.45) is 0 Å². The molecule has 168 valence electrons. The molecule has 1 atom stereocenters. The maximum atomic E-state index is 12.8. The average Bonchev–Trinajstić information content (AvgIpc) is 3.22. The number of H-pyrrole nitrogens is 1. The molecular weight excluding hydrogens is 432 g/mol. The second-order valence-electron chi connectivity index (χ2n) is 8.60. The number of hydrogen-bond donors (Lipinski definition) is 3. The Kier molecular flexibility index (Phi) is 6.42. The number of rotatable bonds is 7. The van der Waals surface area contributed by atoms with Crippen LogP contribution in [0.3, 0.4) is 0 Å². The van der Waals surface area contributed by atoms with Crippen LogP contribution < -0.4 is 10.6 Å². The van der Waals surface area contributed by atoms with E-state index in [4.69, 9.17) is 11.6 Å². The fourth-order valence-corrected chi connectivity index (χ4v) is 4.89. The lowest BCUT2D eigenvalue weighted by atomic mass is 9.91. The van der Waals surface area contributed by atoms with Crippen molar-refractivity contribution in [1.29, 1.82) is 0 Å². The fourth-order valence-electron chi connectivity index (χ4n) is 4.68. The summed E-state index contributed by atoms with van der Waals surface area (Å²) in [4.78, 5) is 20.5. The second kappa shape index (κ2) is 9.77. The molecule has 2 aromatic heterocycles. The van der Waals surface area contributed by atoms with Gasteiger partial charge in [-0.2, -0.15) is 0 Å². The number of aryl methyl sites for hydroxylation is 1. The van der Waals surface area contributed by atoms with Gasteiger partial charge in [0.2, 0.25) is 0 Å².